The van der Waals surface area contributed by atoms with E-state index in [0.29, 0.717) is 0 Å². The average molecular weight is 222 g/mol. The van der Waals surface area contributed by atoms with E-state index in [1.807, 2.05) is 0 Å². The molecule has 0 aromatic carbocycles. The van der Waals surface area contributed by atoms with Crippen LogP contribution in [0.25, 0.3) is 0 Å². The molecule has 2 aliphatic rings. The fraction of sp³-hybridized carbons (Fsp3) is 0.900. The van der Waals surface area contributed by atoms with E-state index >= 15 is 0 Å². The summed E-state index contributed by atoms with van der Waals surface area (Å²) < 4.78 is 38.0. The maximum Gasteiger partial charge on any atom is 0.417 e. The van der Waals surface area contributed by atoms with Crippen LogP contribution in [0.2, 0.25) is 0 Å². The number of carbonyl (C=O) groups excluding carboxylic acids is 1. The molecule has 0 spiro atoms. The van der Waals surface area contributed by atoms with Crippen LogP contribution in [-0.4, -0.2) is 22.7 Å². The van der Waals surface area contributed by atoms with Crippen molar-refractivity contribution in [3.63, 3.8) is 0 Å². The Kier molecular flexibility index (Phi) is 2.33. The predicted octanol–water partition coefficient (Wildman–Crippen LogP) is 2.06. The molecule has 3 atom stereocenters. The van der Waals surface area contributed by atoms with Crippen molar-refractivity contribution in [1.82, 2.24) is 0 Å². The summed E-state index contributed by atoms with van der Waals surface area (Å²) in [6, 6.07) is 0. The molecule has 5 heteroatoms. The summed E-state index contributed by atoms with van der Waals surface area (Å²) >= 11 is 0. The summed E-state index contributed by atoms with van der Waals surface area (Å²) in [5.74, 6) is -0.962. The minimum absolute atomic E-state index is 0.0653. The van der Waals surface area contributed by atoms with E-state index in [9.17, 15) is 23.1 Å². The Balaban J connectivity index is 2.22. The number of aliphatic hydroxyl groups is 1. The summed E-state index contributed by atoms with van der Waals surface area (Å²) in [4.78, 5) is 11.3. The number of hydrogen-bond acceptors (Lipinski definition) is 2. The lowest BCUT2D eigenvalue weighted by atomic mass is 9.63. The molecule has 2 rings (SSSR count). The van der Waals surface area contributed by atoms with Gasteiger partial charge in [-0.2, -0.15) is 13.2 Å². The summed E-state index contributed by atoms with van der Waals surface area (Å²) in [5, 5.41) is 9.67. The molecule has 2 saturated carbocycles. The van der Waals surface area contributed by atoms with Crippen molar-refractivity contribution in [3.05, 3.63) is 0 Å². The average Bonchev–Trinajstić information content (AvgIpc) is 2.14. The number of fused-ring (bicyclic) bond motifs is 2. The van der Waals surface area contributed by atoms with Gasteiger partial charge in [0.15, 0.2) is 5.60 Å². The second kappa shape index (κ2) is 3.20. The molecule has 1 N–H and O–H groups in total. The van der Waals surface area contributed by atoms with Crippen molar-refractivity contribution >= 4 is 5.78 Å². The van der Waals surface area contributed by atoms with Gasteiger partial charge >= 0.3 is 6.18 Å². The van der Waals surface area contributed by atoms with Crippen LogP contribution < -0.4 is 0 Å². The minimum atomic E-state index is -4.57. The highest BCUT2D eigenvalue weighted by molar-refractivity contribution is 5.82. The number of ketones is 1. The fourth-order valence-electron chi connectivity index (χ4n) is 2.80. The second-order valence-corrected chi connectivity index (χ2v) is 4.60. The first-order chi connectivity index (χ1) is 6.84. The Morgan fingerprint density at radius 1 is 1.33 bits per heavy atom. The Hall–Kier alpha value is -0.580. The van der Waals surface area contributed by atoms with Crippen molar-refractivity contribution in [3.8, 4) is 0 Å². The van der Waals surface area contributed by atoms with Crippen LogP contribution in [0.5, 0.6) is 0 Å². The first-order valence-corrected chi connectivity index (χ1v) is 5.16. The van der Waals surface area contributed by atoms with Crippen LogP contribution in [0.1, 0.15) is 32.1 Å². The van der Waals surface area contributed by atoms with Crippen molar-refractivity contribution in [2.75, 3.05) is 0 Å². The first-order valence-electron chi connectivity index (χ1n) is 5.16. The third-order valence-corrected chi connectivity index (χ3v) is 3.80. The molecule has 2 fully saturated rings. The standard InChI is InChI=1S/C10H13F3O2/c11-10(12,13)9(15)4-3-6-5-7(9)1-2-8(6)14/h6-7,15H,1-5H2/t6-,7-,9-/m1/s1. The maximum absolute atomic E-state index is 12.7. The number of carbonyl (C=O) groups is 1. The van der Waals surface area contributed by atoms with E-state index in [0.717, 1.165) is 0 Å². The smallest absolute Gasteiger partial charge is 0.380 e. The lowest BCUT2D eigenvalue weighted by Gasteiger charge is -2.46. The normalized spacial score (nSPS) is 41.7. The van der Waals surface area contributed by atoms with Crippen molar-refractivity contribution < 1.29 is 23.1 Å². The van der Waals surface area contributed by atoms with Crippen LogP contribution in [0.3, 0.4) is 0 Å². The Bertz CT molecular complexity index is 287. The topological polar surface area (TPSA) is 37.3 Å². The van der Waals surface area contributed by atoms with Crippen LogP contribution in [-0.2, 0) is 4.79 Å². The van der Waals surface area contributed by atoms with Crippen LogP contribution in [0.15, 0.2) is 0 Å². The summed E-state index contributed by atoms with van der Waals surface area (Å²) in [6.45, 7) is 0. The second-order valence-electron chi connectivity index (χ2n) is 4.60. The zero-order valence-corrected chi connectivity index (χ0v) is 8.18. The first kappa shape index (κ1) is 10.9. The number of halogens is 3. The SMILES string of the molecule is O=C1CC[C@@H]2C[C@H]1CC[C@]2(O)C(F)(F)F. The Morgan fingerprint density at radius 2 is 2.00 bits per heavy atom. The highest BCUT2D eigenvalue weighted by atomic mass is 19.4. The van der Waals surface area contributed by atoms with Gasteiger partial charge in [0, 0.05) is 12.3 Å². The van der Waals surface area contributed by atoms with Crippen molar-refractivity contribution in [2.24, 2.45) is 11.8 Å². The Labute approximate surface area is 85.5 Å². The van der Waals surface area contributed by atoms with Gasteiger partial charge in [-0.15, -0.1) is 0 Å². The minimum Gasteiger partial charge on any atom is -0.380 e. The number of hydrogen-bond donors (Lipinski definition) is 1. The molecule has 0 radical (unpaired) electrons. The molecule has 2 nitrogen and oxygen atoms in total. The van der Waals surface area contributed by atoms with Gasteiger partial charge in [0.1, 0.15) is 5.78 Å². The third kappa shape index (κ3) is 1.57. The van der Waals surface area contributed by atoms with Gasteiger partial charge in [0.2, 0.25) is 0 Å². The van der Waals surface area contributed by atoms with E-state index in [4.69, 9.17) is 0 Å². The third-order valence-electron chi connectivity index (χ3n) is 3.80. The van der Waals surface area contributed by atoms with Gasteiger partial charge in [-0.05, 0) is 31.6 Å². The van der Waals surface area contributed by atoms with Crippen molar-refractivity contribution in [1.29, 1.82) is 0 Å². The molecule has 0 saturated heterocycles. The Morgan fingerprint density at radius 3 is 2.60 bits per heavy atom. The van der Waals surface area contributed by atoms with E-state index in [-0.39, 0.29) is 43.8 Å². The lowest BCUT2D eigenvalue weighted by Crippen LogP contribution is -2.56. The molecule has 15 heavy (non-hydrogen) atoms. The van der Waals surface area contributed by atoms with Crippen LogP contribution in [0, 0.1) is 11.8 Å². The maximum atomic E-state index is 12.7. The van der Waals surface area contributed by atoms with Gasteiger partial charge in [0.25, 0.3) is 0 Å². The molecule has 0 aromatic heterocycles. The zero-order chi connectivity index (χ0) is 11.3. The molecule has 2 bridgehead atoms. The highest BCUT2D eigenvalue weighted by Crippen LogP contribution is 2.50. The van der Waals surface area contributed by atoms with Gasteiger partial charge in [0.05, 0.1) is 0 Å². The van der Waals surface area contributed by atoms with E-state index < -0.39 is 17.7 Å². The van der Waals surface area contributed by atoms with E-state index in [1.54, 1.807) is 0 Å². The van der Waals surface area contributed by atoms with Gasteiger partial charge in [-0.3, -0.25) is 4.79 Å². The molecular weight excluding hydrogens is 209 g/mol. The monoisotopic (exact) mass is 222 g/mol. The molecular formula is C10H13F3O2. The number of Topliss-reactive ketones (excluding diaryl/α,β-unsaturated/α-hetero) is 1. The summed E-state index contributed by atoms with van der Waals surface area (Å²) in [5.41, 5.74) is -2.55. The van der Waals surface area contributed by atoms with Crippen LogP contribution >= 0.6 is 0 Å². The molecule has 0 amide bonds. The zero-order valence-electron chi connectivity index (χ0n) is 8.18. The summed E-state index contributed by atoms with van der Waals surface area (Å²) in [7, 11) is 0. The largest absolute Gasteiger partial charge is 0.417 e. The quantitative estimate of drug-likeness (QED) is 0.681. The number of rotatable bonds is 0. The predicted molar refractivity (Wildman–Crippen MR) is 46.1 cm³/mol. The molecule has 0 aromatic rings. The van der Waals surface area contributed by atoms with Gasteiger partial charge in [-0.25, -0.2) is 0 Å². The highest BCUT2D eigenvalue weighted by Gasteiger charge is 2.61. The molecule has 0 unspecified atom stereocenters. The lowest BCUT2D eigenvalue weighted by molar-refractivity contribution is -0.293. The number of alkyl halides is 3. The molecule has 86 valence electrons. The summed E-state index contributed by atoms with van der Waals surface area (Å²) in [6.07, 6.45) is -4.15. The van der Waals surface area contributed by atoms with Crippen molar-refractivity contribution in [2.45, 2.75) is 43.9 Å². The van der Waals surface area contributed by atoms with E-state index in [1.165, 1.54) is 0 Å². The molecule has 0 aliphatic heterocycles. The van der Waals surface area contributed by atoms with Gasteiger partial charge in [-0.1, -0.05) is 0 Å². The molecule has 0 heterocycles. The molecule has 2 aliphatic carbocycles. The van der Waals surface area contributed by atoms with E-state index in [2.05, 4.69) is 0 Å². The fourth-order valence-corrected chi connectivity index (χ4v) is 2.80. The van der Waals surface area contributed by atoms with Crippen LogP contribution in [0.4, 0.5) is 13.2 Å². The van der Waals surface area contributed by atoms with Gasteiger partial charge < -0.3 is 5.11 Å².